The lowest BCUT2D eigenvalue weighted by Gasteiger charge is -2.37. The third-order valence-electron chi connectivity index (χ3n) is 4.59. The summed E-state index contributed by atoms with van der Waals surface area (Å²) in [6.45, 7) is 22.5. The Morgan fingerprint density at radius 3 is 1.95 bits per heavy atom. The minimum atomic E-state index is -1.90. The molecule has 0 unspecified atom stereocenters. The monoisotopic (exact) mass is 336 g/mol. The van der Waals surface area contributed by atoms with Gasteiger partial charge in [-0.3, -0.25) is 0 Å². The predicted octanol–water partition coefficient (Wildman–Crippen LogP) is 5.97. The van der Waals surface area contributed by atoms with Crippen LogP contribution in [-0.4, -0.2) is 23.5 Å². The number of hydrogen-bond acceptors (Lipinski definition) is 2. The van der Waals surface area contributed by atoms with Gasteiger partial charge in [0.15, 0.2) is 5.75 Å². The van der Waals surface area contributed by atoms with Crippen molar-refractivity contribution < 1.29 is 9.16 Å². The van der Waals surface area contributed by atoms with Crippen LogP contribution in [-0.2, 0) is 0 Å². The molecule has 0 amide bonds. The Morgan fingerprint density at radius 1 is 1.00 bits per heavy atom. The van der Waals surface area contributed by atoms with Crippen molar-refractivity contribution in [1.29, 1.82) is 0 Å². The predicted molar refractivity (Wildman–Crippen MR) is 103 cm³/mol. The first-order valence-electron chi connectivity index (χ1n) is 7.86. The molecule has 0 aromatic heterocycles. The van der Waals surface area contributed by atoms with E-state index in [9.17, 15) is 0 Å². The Hall–Kier alpha value is -1.01. The molecule has 1 rings (SSSR count). The van der Waals surface area contributed by atoms with Crippen LogP contribution in [0, 0.1) is 0 Å². The summed E-state index contributed by atoms with van der Waals surface area (Å²) in [7, 11) is -1.63. The Balaban J connectivity index is 3.26. The Labute approximate surface area is 138 Å². The summed E-state index contributed by atoms with van der Waals surface area (Å²) in [6, 6.07) is 6.21. The second-order valence-electron chi connectivity index (χ2n) is 8.46. The van der Waals surface area contributed by atoms with Crippen molar-refractivity contribution in [2.45, 2.75) is 58.5 Å². The quantitative estimate of drug-likeness (QED) is 0.617. The standard InChI is InChI=1S/C18H32O2Si2/c1-14(21(6,7)8)15-11-12-16(19-5)17(13-15)20-22(9,10)18(2,3)4/h11-13H,1H2,2-10H3. The highest BCUT2D eigenvalue weighted by Gasteiger charge is 2.39. The van der Waals surface area contributed by atoms with Crippen molar-refractivity contribution >= 4 is 21.6 Å². The second kappa shape index (κ2) is 6.24. The van der Waals surface area contributed by atoms with Crippen LogP contribution in [0.2, 0.25) is 37.8 Å². The molecule has 0 N–H and O–H groups in total. The van der Waals surface area contributed by atoms with Gasteiger partial charge in [0, 0.05) is 0 Å². The molecule has 1 aromatic rings. The summed E-state index contributed by atoms with van der Waals surface area (Å²) < 4.78 is 12.0. The maximum atomic E-state index is 6.48. The van der Waals surface area contributed by atoms with E-state index in [1.165, 1.54) is 10.8 Å². The summed E-state index contributed by atoms with van der Waals surface area (Å²) in [5.74, 6) is 1.66. The Bertz CT molecular complexity index is 549. The highest BCUT2D eigenvalue weighted by molar-refractivity contribution is 6.93. The summed E-state index contributed by atoms with van der Waals surface area (Å²) in [4.78, 5) is 0. The van der Waals surface area contributed by atoms with Gasteiger partial charge in [-0.25, -0.2) is 0 Å². The van der Waals surface area contributed by atoms with Crippen molar-refractivity contribution in [2.75, 3.05) is 7.11 Å². The van der Waals surface area contributed by atoms with Crippen molar-refractivity contribution in [3.05, 3.63) is 30.3 Å². The zero-order chi connectivity index (χ0) is 17.3. The highest BCUT2D eigenvalue weighted by Crippen LogP contribution is 2.41. The van der Waals surface area contributed by atoms with Crippen molar-refractivity contribution in [1.82, 2.24) is 0 Å². The van der Waals surface area contributed by atoms with Crippen LogP contribution in [0.3, 0.4) is 0 Å². The van der Waals surface area contributed by atoms with Gasteiger partial charge >= 0.3 is 0 Å². The average molecular weight is 337 g/mol. The summed E-state index contributed by atoms with van der Waals surface area (Å²) >= 11 is 0. The number of methoxy groups -OCH3 is 1. The van der Waals surface area contributed by atoms with Gasteiger partial charge in [0.2, 0.25) is 0 Å². The molecule has 2 nitrogen and oxygen atoms in total. The molecule has 0 bridgehead atoms. The van der Waals surface area contributed by atoms with Crippen LogP contribution in [0.15, 0.2) is 24.8 Å². The fourth-order valence-electron chi connectivity index (χ4n) is 1.81. The molecule has 0 saturated carbocycles. The molecule has 22 heavy (non-hydrogen) atoms. The van der Waals surface area contributed by atoms with E-state index < -0.39 is 16.4 Å². The molecular weight excluding hydrogens is 304 g/mol. The molecule has 0 atom stereocenters. The lowest BCUT2D eigenvalue weighted by atomic mass is 10.2. The van der Waals surface area contributed by atoms with Crippen LogP contribution in [0.4, 0.5) is 0 Å². The Morgan fingerprint density at radius 2 is 1.55 bits per heavy atom. The second-order valence-corrected chi connectivity index (χ2v) is 18.3. The minimum Gasteiger partial charge on any atom is -0.541 e. The summed E-state index contributed by atoms with van der Waals surface area (Å²) in [6.07, 6.45) is 0. The van der Waals surface area contributed by atoms with E-state index >= 15 is 0 Å². The van der Waals surface area contributed by atoms with Gasteiger partial charge in [-0.05, 0) is 35.8 Å². The van der Waals surface area contributed by atoms with Crippen LogP contribution >= 0.6 is 0 Å². The zero-order valence-electron chi connectivity index (χ0n) is 15.8. The molecule has 0 radical (unpaired) electrons. The molecular formula is C18H32O2Si2. The number of benzene rings is 1. The van der Waals surface area contributed by atoms with Gasteiger partial charge in [0.1, 0.15) is 5.75 Å². The maximum Gasteiger partial charge on any atom is 0.250 e. The number of hydrogen-bond donors (Lipinski definition) is 0. The molecule has 0 spiro atoms. The van der Waals surface area contributed by atoms with E-state index in [1.807, 2.05) is 6.07 Å². The van der Waals surface area contributed by atoms with E-state index in [2.05, 4.69) is 72.2 Å². The first-order chi connectivity index (χ1) is 9.79. The van der Waals surface area contributed by atoms with Gasteiger partial charge in [0.25, 0.3) is 8.32 Å². The summed E-state index contributed by atoms with van der Waals surface area (Å²) in [5.41, 5.74) is 1.17. The van der Waals surface area contributed by atoms with E-state index in [0.717, 1.165) is 11.5 Å². The van der Waals surface area contributed by atoms with Crippen molar-refractivity contribution in [3.63, 3.8) is 0 Å². The lowest BCUT2D eigenvalue weighted by molar-refractivity contribution is 0.386. The normalized spacial score (nSPS) is 13.0. The fourth-order valence-corrected chi connectivity index (χ4v) is 3.84. The summed E-state index contributed by atoms with van der Waals surface area (Å²) in [5, 5.41) is 1.40. The van der Waals surface area contributed by atoms with Gasteiger partial charge in [-0.1, -0.05) is 58.3 Å². The van der Waals surface area contributed by atoms with Crippen LogP contribution in [0.1, 0.15) is 26.3 Å². The first kappa shape index (κ1) is 19.0. The molecule has 0 fully saturated rings. The number of ether oxygens (including phenoxy) is 1. The third-order valence-corrected chi connectivity index (χ3v) is 11.0. The minimum absolute atomic E-state index is 0.157. The molecule has 1 aromatic carbocycles. The molecule has 0 heterocycles. The van der Waals surface area contributed by atoms with E-state index in [1.54, 1.807) is 7.11 Å². The fraction of sp³-hybridized carbons (Fsp3) is 0.556. The lowest BCUT2D eigenvalue weighted by Crippen LogP contribution is -2.44. The van der Waals surface area contributed by atoms with E-state index in [4.69, 9.17) is 9.16 Å². The van der Waals surface area contributed by atoms with Crippen LogP contribution < -0.4 is 9.16 Å². The number of rotatable bonds is 5. The van der Waals surface area contributed by atoms with E-state index in [0.29, 0.717) is 0 Å². The SMILES string of the molecule is C=C(c1ccc(OC)c(O[Si](C)(C)C(C)(C)C)c1)[Si](C)(C)C. The Kier molecular flexibility index (Phi) is 5.40. The van der Waals surface area contributed by atoms with Crippen molar-refractivity contribution in [2.24, 2.45) is 0 Å². The van der Waals surface area contributed by atoms with Gasteiger partial charge in [-0.2, -0.15) is 0 Å². The van der Waals surface area contributed by atoms with Gasteiger partial charge in [0.05, 0.1) is 15.2 Å². The third kappa shape index (κ3) is 4.26. The highest BCUT2D eigenvalue weighted by atomic mass is 28.4. The average Bonchev–Trinajstić information content (AvgIpc) is 2.34. The van der Waals surface area contributed by atoms with Crippen LogP contribution in [0.5, 0.6) is 11.5 Å². The molecule has 0 aliphatic carbocycles. The maximum absolute atomic E-state index is 6.48. The zero-order valence-corrected chi connectivity index (χ0v) is 17.8. The molecule has 0 aliphatic rings. The smallest absolute Gasteiger partial charge is 0.250 e. The molecule has 0 aliphatic heterocycles. The van der Waals surface area contributed by atoms with Crippen LogP contribution in [0.25, 0.3) is 5.20 Å². The van der Waals surface area contributed by atoms with Crippen molar-refractivity contribution in [3.8, 4) is 11.5 Å². The molecule has 0 saturated heterocycles. The first-order valence-corrected chi connectivity index (χ1v) is 14.3. The topological polar surface area (TPSA) is 18.5 Å². The van der Waals surface area contributed by atoms with Gasteiger partial charge in [-0.15, -0.1) is 0 Å². The van der Waals surface area contributed by atoms with E-state index in [-0.39, 0.29) is 5.04 Å². The van der Waals surface area contributed by atoms with Gasteiger partial charge < -0.3 is 9.16 Å². The largest absolute Gasteiger partial charge is 0.541 e. The molecule has 124 valence electrons. The molecule has 4 heteroatoms.